The normalized spacial score (nSPS) is 20.8. The van der Waals surface area contributed by atoms with E-state index in [1.165, 1.54) is 0 Å². The first-order valence-electron chi connectivity index (χ1n) is 5.47. The molecule has 0 amide bonds. The first-order valence-corrected chi connectivity index (χ1v) is 5.47. The Kier molecular flexibility index (Phi) is 3.88. The van der Waals surface area contributed by atoms with Gasteiger partial charge in [0.05, 0.1) is 12.7 Å². The van der Waals surface area contributed by atoms with Gasteiger partial charge in [-0.1, -0.05) is 6.07 Å². The minimum Gasteiger partial charge on any atom is -0.361 e. The van der Waals surface area contributed by atoms with Crippen molar-refractivity contribution in [1.82, 2.24) is 9.88 Å². The highest BCUT2D eigenvalue weighted by Crippen LogP contribution is 2.15. The van der Waals surface area contributed by atoms with Gasteiger partial charge in [0, 0.05) is 31.4 Å². The van der Waals surface area contributed by atoms with E-state index in [1.807, 2.05) is 12.1 Å². The first-order chi connectivity index (χ1) is 8.33. The first kappa shape index (κ1) is 11.8. The zero-order valence-electron chi connectivity index (χ0n) is 9.47. The van der Waals surface area contributed by atoms with Crippen LogP contribution in [-0.4, -0.2) is 35.7 Å². The molecule has 0 spiro atoms. The molecule has 1 aliphatic heterocycles. The third-order valence-electron chi connectivity index (χ3n) is 2.72. The second kappa shape index (κ2) is 5.59. The third-order valence-corrected chi connectivity index (χ3v) is 2.72. The van der Waals surface area contributed by atoms with Crippen LogP contribution >= 0.6 is 0 Å². The molecular weight excluding hydrogens is 218 g/mol. The van der Waals surface area contributed by atoms with E-state index in [-0.39, 0.29) is 6.10 Å². The van der Waals surface area contributed by atoms with E-state index in [1.54, 1.807) is 6.20 Å². The lowest BCUT2D eigenvalue weighted by molar-refractivity contribution is -0.00265. The summed E-state index contributed by atoms with van der Waals surface area (Å²) in [5.41, 5.74) is 3.60. The fourth-order valence-electron chi connectivity index (χ4n) is 1.86. The maximum absolute atomic E-state index is 8.83. The quantitative estimate of drug-likeness (QED) is 0.568. The predicted octanol–water partition coefficient (Wildman–Crippen LogP) is 0.0916. The molecule has 6 heteroatoms. The Labute approximate surface area is 100.0 Å². The Balaban J connectivity index is 2.03. The van der Waals surface area contributed by atoms with E-state index in [2.05, 4.69) is 21.4 Å². The molecule has 1 atom stereocenters. The lowest BCUT2D eigenvalue weighted by Gasteiger charge is -2.29. The second-order valence-electron chi connectivity index (χ2n) is 3.88. The molecule has 2 heterocycles. The fourth-order valence-corrected chi connectivity index (χ4v) is 1.86. The number of nitrogens with two attached hydrogens (primary N) is 1. The summed E-state index contributed by atoms with van der Waals surface area (Å²) in [5.74, 6) is 6.07. The van der Waals surface area contributed by atoms with Crippen LogP contribution in [0.4, 0.5) is 5.82 Å². The van der Waals surface area contributed by atoms with E-state index < -0.39 is 0 Å². The maximum Gasteiger partial charge on any atom is 0.156 e. The summed E-state index contributed by atoms with van der Waals surface area (Å²) < 4.78 is 5.29. The number of aromatic nitrogens is 1. The lowest BCUT2D eigenvalue weighted by atomic mass is 10.2. The fraction of sp³-hybridized carbons (Fsp3) is 0.455. The SMILES string of the molecule is N#CC1CN(Cc2cccnc2NN)CCO1. The van der Waals surface area contributed by atoms with Gasteiger partial charge in [0.1, 0.15) is 5.82 Å². The molecule has 3 N–H and O–H groups in total. The molecule has 6 nitrogen and oxygen atoms in total. The summed E-state index contributed by atoms with van der Waals surface area (Å²) >= 11 is 0. The zero-order chi connectivity index (χ0) is 12.1. The van der Waals surface area contributed by atoms with Crippen LogP contribution in [0.5, 0.6) is 0 Å². The number of nitriles is 1. The van der Waals surface area contributed by atoms with E-state index in [0.717, 1.165) is 18.7 Å². The number of morpholine rings is 1. The molecule has 0 aliphatic carbocycles. The van der Waals surface area contributed by atoms with Crippen molar-refractivity contribution in [1.29, 1.82) is 5.26 Å². The van der Waals surface area contributed by atoms with Crippen LogP contribution in [-0.2, 0) is 11.3 Å². The minimum absolute atomic E-state index is 0.338. The highest BCUT2D eigenvalue weighted by atomic mass is 16.5. The molecule has 1 aromatic heterocycles. The summed E-state index contributed by atoms with van der Waals surface area (Å²) in [7, 11) is 0. The highest BCUT2D eigenvalue weighted by molar-refractivity contribution is 5.42. The second-order valence-corrected chi connectivity index (χ2v) is 3.88. The lowest BCUT2D eigenvalue weighted by Crippen LogP contribution is -2.41. The number of anilines is 1. The van der Waals surface area contributed by atoms with Crippen molar-refractivity contribution >= 4 is 5.82 Å². The number of ether oxygens (including phenoxy) is 1. The van der Waals surface area contributed by atoms with Gasteiger partial charge in [0.15, 0.2) is 6.10 Å². The van der Waals surface area contributed by atoms with E-state index >= 15 is 0 Å². The van der Waals surface area contributed by atoms with Gasteiger partial charge in [-0.25, -0.2) is 10.8 Å². The summed E-state index contributed by atoms with van der Waals surface area (Å²) in [6.07, 6.45) is 1.35. The highest BCUT2D eigenvalue weighted by Gasteiger charge is 2.20. The van der Waals surface area contributed by atoms with Crippen LogP contribution in [0.3, 0.4) is 0 Å². The molecule has 0 aromatic carbocycles. The van der Waals surface area contributed by atoms with Crippen molar-refractivity contribution in [2.45, 2.75) is 12.6 Å². The molecular formula is C11H15N5O. The predicted molar refractivity (Wildman–Crippen MR) is 62.7 cm³/mol. The Morgan fingerprint density at radius 3 is 3.35 bits per heavy atom. The van der Waals surface area contributed by atoms with Gasteiger partial charge >= 0.3 is 0 Å². The molecule has 17 heavy (non-hydrogen) atoms. The monoisotopic (exact) mass is 233 g/mol. The van der Waals surface area contributed by atoms with Crippen LogP contribution in [0, 0.1) is 11.3 Å². The smallest absolute Gasteiger partial charge is 0.156 e. The average molecular weight is 233 g/mol. The Morgan fingerprint density at radius 2 is 2.59 bits per heavy atom. The molecule has 0 saturated carbocycles. The van der Waals surface area contributed by atoms with Gasteiger partial charge in [-0.15, -0.1) is 0 Å². The van der Waals surface area contributed by atoms with Gasteiger partial charge < -0.3 is 10.2 Å². The van der Waals surface area contributed by atoms with Crippen LogP contribution in [0.15, 0.2) is 18.3 Å². The molecule has 1 fully saturated rings. The minimum atomic E-state index is -0.338. The Hall–Kier alpha value is -1.68. The van der Waals surface area contributed by atoms with Gasteiger partial charge in [0.25, 0.3) is 0 Å². The number of hydrazine groups is 1. The summed E-state index contributed by atoms with van der Waals surface area (Å²) in [4.78, 5) is 6.30. The molecule has 0 radical (unpaired) electrons. The van der Waals surface area contributed by atoms with Crippen molar-refractivity contribution in [3.63, 3.8) is 0 Å². The number of pyridine rings is 1. The Morgan fingerprint density at radius 1 is 1.71 bits per heavy atom. The van der Waals surface area contributed by atoms with Crippen molar-refractivity contribution in [3.05, 3.63) is 23.9 Å². The van der Waals surface area contributed by atoms with Crippen LogP contribution < -0.4 is 11.3 Å². The number of nitrogen functional groups attached to an aromatic ring is 1. The zero-order valence-corrected chi connectivity index (χ0v) is 9.47. The van der Waals surface area contributed by atoms with Gasteiger partial charge in [-0.3, -0.25) is 4.90 Å². The standard InChI is InChI=1S/C11H15N5O/c12-6-10-8-16(4-5-17-10)7-9-2-1-3-14-11(9)15-13/h1-3,10H,4-5,7-8,13H2,(H,14,15). The molecule has 90 valence electrons. The van der Waals surface area contributed by atoms with Gasteiger partial charge in [-0.05, 0) is 6.07 Å². The molecule has 2 rings (SSSR count). The number of hydrogen-bond acceptors (Lipinski definition) is 6. The molecule has 1 saturated heterocycles. The van der Waals surface area contributed by atoms with Gasteiger partial charge in [0.2, 0.25) is 0 Å². The van der Waals surface area contributed by atoms with Crippen molar-refractivity contribution in [2.75, 3.05) is 25.1 Å². The van der Waals surface area contributed by atoms with Crippen LogP contribution in [0.2, 0.25) is 0 Å². The summed E-state index contributed by atoms with van der Waals surface area (Å²) in [5, 5.41) is 8.83. The molecule has 1 aliphatic rings. The number of hydrogen-bond donors (Lipinski definition) is 2. The number of nitrogens with one attached hydrogen (secondary N) is 1. The number of rotatable bonds is 3. The third kappa shape index (κ3) is 2.91. The largest absolute Gasteiger partial charge is 0.361 e. The van der Waals surface area contributed by atoms with Crippen molar-refractivity contribution in [3.8, 4) is 6.07 Å². The van der Waals surface area contributed by atoms with Crippen molar-refractivity contribution < 1.29 is 4.74 Å². The number of nitrogens with zero attached hydrogens (tertiary/aromatic N) is 3. The average Bonchev–Trinajstić information content (AvgIpc) is 2.39. The molecule has 1 unspecified atom stereocenters. The van der Waals surface area contributed by atoms with Gasteiger partial charge in [-0.2, -0.15) is 5.26 Å². The summed E-state index contributed by atoms with van der Waals surface area (Å²) in [6, 6.07) is 5.97. The van der Waals surface area contributed by atoms with E-state index in [4.69, 9.17) is 15.8 Å². The summed E-state index contributed by atoms with van der Waals surface area (Å²) in [6.45, 7) is 2.74. The van der Waals surface area contributed by atoms with Crippen LogP contribution in [0.1, 0.15) is 5.56 Å². The molecule has 1 aromatic rings. The maximum atomic E-state index is 8.83. The van der Waals surface area contributed by atoms with Crippen LogP contribution in [0.25, 0.3) is 0 Å². The molecule has 0 bridgehead atoms. The van der Waals surface area contributed by atoms with Crippen molar-refractivity contribution in [2.24, 2.45) is 5.84 Å². The van der Waals surface area contributed by atoms with E-state index in [9.17, 15) is 0 Å². The van der Waals surface area contributed by atoms with E-state index in [0.29, 0.717) is 19.0 Å². The topological polar surface area (TPSA) is 87.2 Å². The Bertz CT molecular complexity index is 417.